The van der Waals surface area contributed by atoms with Crippen molar-refractivity contribution < 1.29 is 15.0 Å². The first-order valence-corrected chi connectivity index (χ1v) is 4.40. The third kappa shape index (κ3) is 2.95. The zero-order valence-electron chi connectivity index (χ0n) is 7.71. The Bertz CT molecular complexity index is 190. The van der Waals surface area contributed by atoms with Crippen molar-refractivity contribution in [2.24, 2.45) is 0 Å². The Kier molecular flexibility index (Phi) is 3.24. The smallest absolute Gasteiger partial charge is 0.305 e. The minimum absolute atomic E-state index is 0.104. The molecular weight excluding hydrogens is 172 g/mol. The Morgan fingerprint density at radius 1 is 1.69 bits per heavy atom. The quantitative estimate of drug-likeness (QED) is 0.434. The largest absolute Gasteiger partial charge is 0.481 e. The number of aliphatic hydroxyl groups is 1. The number of hydrogen-bond acceptors (Lipinski definition) is 4. The van der Waals surface area contributed by atoms with Gasteiger partial charge < -0.3 is 20.8 Å². The van der Waals surface area contributed by atoms with Crippen LogP contribution in [0.2, 0.25) is 0 Å². The van der Waals surface area contributed by atoms with Gasteiger partial charge in [-0.1, -0.05) is 0 Å². The van der Waals surface area contributed by atoms with Crippen molar-refractivity contribution in [1.82, 2.24) is 10.6 Å². The van der Waals surface area contributed by atoms with Crippen LogP contribution in [0.3, 0.4) is 0 Å². The fraction of sp³-hybridized carbons (Fsp3) is 0.875. The molecule has 0 amide bonds. The molecule has 1 fully saturated rings. The normalized spacial score (nSPS) is 22.0. The van der Waals surface area contributed by atoms with E-state index < -0.39 is 12.1 Å². The average molecular weight is 188 g/mol. The number of rotatable bonds is 5. The number of carboxylic acid groups (broad SMARTS) is 1. The minimum atomic E-state index is -0.806. The van der Waals surface area contributed by atoms with Crippen LogP contribution in [0.25, 0.3) is 0 Å². The summed E-state index contributed by atoms with van der Waals surface area (Å²) in [4.78, 5) is 10.5. The fourth-order valence-corrected chi connectivity index (χ4v) is 1.39. The third-order valence-electron chi connectivity index (χ3n) is 2.19. The van der Waals surface area contributed by atoms with E-state index in [0.717, 1.165) is 0 Å². The van der Waals surface area contributed by atoms with Crippen molar-refractivity contribution in [1.29, 1.82) is 0 Å². The van der Waals surface area contributed by atoms with Gasteiger partial charge in [0.1, 0.15) is 0 Å². The van der Waals surface area contributed by atoms with E-state index >= 15 is 0 Å². The van der Waals surface area contributed by atoms with Gasteiger partial charge in [0.15, 0.2) is 0 Å². The third-order valence-corrected chi connectivity index (χ3v) is 2.19. The summed E-state index contributed by atoms with van der Waals surface area (Å²) in [6, 6.07) is 0. The molecule has 0 spiro atoms. The highest BCUT2D eigenvalue weighted by molar-refractivity contribution is 5.68. The van der Waals surface area contributed by atoms with Crippen LogP contribution in [0.1, 0.15) is 13.3 Å². The molecule has 0 aromatic heterocycles. The van der Waals surface area contributed by atoms with Crippen molar-refractivity contribution in [2.75, 3.05) is 19.6 Å². The van der Waals surface area contributed by atoms with Gasteiger partial charge in [0.2, 0.25) is 0 Å². The number of β-amino-alcohol motifs (C(OH)–C–C–N with tert-alkyl or cyclic N) is 1. The van der Waals surface area contributed by atoms with E-state index in [2.05, 4.69) is 10.6 Å². The van der Waals surface area contributed by atoms with Gasteiger partial charge in [0, 0.05) is 19.6 Å². The van der Waals surface area contributed by atoms with E-state index in [-0.39, 0.29) is 12.0 Å². The van der Waals surface area contributed by atoms with Crippen LogP contribution < -0.4 is 10.6 Å². The maximum atomic E-state index is 10.5. The molecule has 0 saturated carbocycles. The second-order valence-electron chi connectivity index (χ2n) is 3.68. The molecule has 5 heteroatoms. The molecule has 13 heavy (non-hydrogen) atoms. The molecule has 76 valence electrons. The van der Waals surface area contributed by atoms with E-state index in [9.17, 15) is 4.79 Å². The van der Waals surface area contributed by atoms with Crippen molar-refractivity contribution in [3.63, 3.8) is 0 Å². The van der Waals surface area contributed by atoms with Gasteiger partial charge in [0.25, 0.3) is 0 Å². The summed E-state index contributed by atoms with van der Waals surface area (Å²) in [5.41, 5.74) is -0.344. The maximum absolute atomic E-state index is 10.5. The lowest BCUT2D eigenvalue weighted by Crippen LogP contribution is -2.69. The Balaban J connectivity index is 2.36. The molecule has 0 aromatic carbocycles. The molecule has 1 unspecified atom stereocenters. The molecule has 4 N–H and O–H groups in total. The van der Waals surface area contributed by atoms with Gasteiger partial charge in [-0.25, -0.2) is 0 Å². The lowest BCUT2D eigenvalue weighted by molar-refractivity contribution is -0.139. The van der Waals surface area contributed by atoms with Crippen LogP contribution in [0.15, 0.2) is 0 Å². The first-order valence-electron chi connectivity index (χ1n) is 4.40. The standard InChI is InChI=1S/C8H16N2O3/c1-6(11)3-10-8(2-7(12)13)4-9-5-8/h6,9-11H,2-5H2,1H3,(H,12,13). The Morgan fingerprint density at radius 3 is 2.62 bits per heavy atom. The van der Waals surface area contributed by atoms with Crippen molar-refractivity contribution in [2.45, 2.75) is 25.0 Å². The summed E-state index contributed by atoms with van der Waals surface area (Å²) < 4.78 is 0. The molecular formula is C8H16N2O3. The molecule has 1 aliphatic heterocycles. The maximum Gasteiger partial charge on any atom is 0.305 e. The van der Waals surface area contributed by atoms with Crippen LogP contribution >= 0.6 is 0 Å². The second-order valence-corrected chi connectivity index (χ2v) is 3.68. The van der Waals surface area contributed by atoms with E-state index in [0.29, 0.717) is 19.6 Å². The zero-order chi connectivity index (χ0) is 9.90. The predicted molar refractivity (Wildman–Crippen MR) is 47.5 cm³/mol. The fourth-order valence-electron chi connectivity index (χ4n) is 1.39. The van der Waals surface area contributed by atoms with Crippen molar-refractivity contribution >= 4 is 5.97 Å². The number of aliphatic carboxylic acids is 1. The molecule has 1 rings (SSSR count). The number of nitrogens with one attached hydrogen (secondary N) is 2. The first kappa shape index (κ1) is 10.4. The summed E-state index contributed by atoms with van der Waals surface area (Å²) in [6.07, 6.45) is -0.335. The van der Waals surface area contributed by atoms with Crippen LogP contribution in [0.5, 0.6) is 0 Å². The monoisotopic (exact) mass is 188 g/mol. The van der Waals surface area contributed by atoms with Crippen LogP contribution in [0.4, 0.5) is 0 Å². The van der Waals surface area contributed by atoms with Gasteiger partial charge in [0.05, 0.1) is 18.1 Å². The van der Waals surface area contributed by atoms with Gasteiger partial charge >= 0.3 is 5.97 Å². The highest BCUT2D eigenvalue weighted by Gasteiger charge is 2.38. The summed E-state index contributed by atoms with van der Waals surface area (Å²) in [6.45, 7) is 3.43. The SMILES string of the molecule is CC(O)CNC1(CC(=O)O)CNC1. The topological polar surface area (TPSA) is 81.6 Å². The molecule has 1 atom stereocenters. The molecule has 0 radical (unpaired) electrons. The Labute approximate surface area is 77.1 Å². The van der Waals surface area contributed by atoms with Crippen molar-refractivity contribution in [3.8, 4) is 0 Å². The Hall–Kier alpha value is -0.650. The molecule has 1 aliphatic rings. The molecule has 1 saturated heterocycles. The highest BCUT2D eigenvalue weighted by atomic mass is 16.4. The average Bonchev–Trinajstić information content (AvgIpc) is 1.93. The summed E-state index contributed by atoms with van der Waals surface area (Å²) in [5.74, 6) is -0.806. The molecule has 5 nitrogen and oxygen atoms in total. The van der Waals surface area contributed by atoms with Crippen LogP contribution in [-0.4, -0.2) is 47.5 Å². The van der Waals surface area contributed by atoms with Gasteiger partial charge in [-0.15, -0.1) is 0 Å². The molecule has 1 heterocycles. The first-order chi connectivity index (χ1) is 6.04. The summed E-state index contributed by atoms with van der Waals surface area (Å²) in [5, 5.41) is 23.8. The highest BCUT2D eigenvalue weighted by Crippen LogP contribution is 2.15. The molecule has 0 aliphatic carbocycles. The Morgan fingerprint density at radius 2 is 2.31 bits per heavy atom. The van der Waals surface area contributed by atoms with Crippen LogP contribution in [0, 0.1) is 0 Å². The van der Waals surface area contributed by atoms with Gasteiger partial charge in [-0.3, -0.25) is 4.79 Å². The predicted octanol–water partition coefficient (Wildman–Crippen LogP) is -1.23. The van der Waals surface area contributed by atoms with Gasteiger partial charge in [-0.05, 0) is 6.92 Å². The summed E-state index contributed by atoms with van der Waals surface area (Å²) >= 11 is 0. The van der Waals surface area contributed by atoms with E-state index in [1.165, 1.54) is 0 Å². The second kappa shape index (κ2) is 4.04. The minimum Gasteiger partial charge on any atom is -0.481 e. The van der Waals surface area contributed by atoms with Gasteiger partial charge in [-0.2, -0.15) is 0 Å². The zero-order valence-corrected chi connectivity index (χ0v) is 7.71. The lowest BCUT2D eigenvalue weighted by atomic mass is 9.88. The molecule has 0 bridgehead atoms. The van der Waals surface area contributed by atoms with E-state index in [1.54, 1.807) is 6.92 Å². The number of aliphatic hydroxyl groups excluding tert-OH is 1. The van der Waals surface area contributed by atoms with Crippen molar-refractivity contribution in [3.05, 3.63) is 0 Å². The molecule has 0 aromatic rings. The van der Waals surface area contributed by atoms with Crippen LogP contribution in [-0.2, 0) is 4.79 Å². The lowest BCUT2D eigenvalue weighted by Gasteiger charge is -2.42. The number of carbonyl (C=O) groups is 1. The number of hydrogen-bond donors (Lipinski definition) is 4. The van der Waals surface area contributed by atoms with E-state index in [1.807, 2.05) is 0 Å². The summed E-state index contributed by atoms with van der Waals surface area (Å²) in [7, 11) is 0. The van der Waals surface area contributed by atoms with E-state index in [4.69, 9.17) is 10.2 Å². The number of carboxylic acids is 1.